The maximum absolute atomic E-state index is 6.53. The molecule has 0 atom stereocenters. The zero-order valence-electron chi connectivity index (χ0n) is 26.2. The number of hydrogen-bond acceptors (Lipinski definition) is 1. The molecule has 1 aromatic rings. The monoisotopic (exact) mass is 730 g/mol. The van der Waals surface area contributed by atoms with Crippen LogP contribution >= 0.6 is 0 Å². The van der Waals surface area contributed by atoms with Crippen LogP contribution in [0.5, 0.6) is 0 Å². The Kier molecular flexibility index (Phi) is 21.7. The Balaban J connectivity index is 3.46. The van der Waals surface area contributed by atoms with E-state index >= 15 is 0 Å². The molecule has 0 saturated carbocycles. The summed E-state index contributed by atoms with van der Waals surface area (Å²) in [7, 11) is 0. The molecule has 0 spiro atoms. The van der Waals surface area contributed by atoms with Crippen LogP contribution in [0.2, 0.25) is 28.6 Å². The molecule has 0 heterocycles. The molecule has 37 heavy (non-hydrogen) atoms. The van der Waals surface area contributed by atoms with E-state index in [0.717, 1.165) is 13.2 Å². The number of rotatable bonds is 25. The van der Waals surface area contributed by atoms with Crippen LogP contribution in [0.3, 0.4) is 0 Å². The Labute approximate surface area is 242 Å². The van der Waals surface area contributed by atoms with Gasteiger partial charge in [-0.25, -0.2) is 0 Å². The Morgan fingerprint density at radius 3 is 1.22 bits per heavy atom. The fraction of sp³-hybridized carbons (Fsp3) is 0.824. The van der Waals surface area contributed by atoms with E-state index in [2.05, 4.69) is 71.9 Å². The molecular formula is C34H66OSn2. The normalized spacial score (nSPS) is 12.5. The molecular weight excluding hydrogens is 662 g/mol. The van der Waals surface area contributed by atoms with Crippen LogP contribution in [0.25, 0.3) is 0 Å². The fourth-order valence-electron chi connectivity index (χ4n) is 7.20. The molecule has 1 aromatic carbocycles. The Hall–Kier alpha value is 0.777. The van der Waals surface area contributed by atoms with Crippen LogP contribution in [0.1, 0.15) is 131 Å². The second-order valence-electron chi connectivity index (χ2n) is 12.2. The minimum atomic E-state index is -2.39. The van der Waals surface area contributed by atoms with E-state index in [9.17, 15) is 0 Å². The molecule has 0 aromatic heterocycles. The van der Waals surface area contributed by atoms with Gasteiger partial charge in [0.15, 0.2) is 0 Å². The van der Waals surface area contributed by atoms with Crippen molar-refractivity contribution >= 4 is 36.8 Å². The van der Waals surface area contributed by atoms with E-state index in [1.165, 1.54) is 91.0 Å². The summed E-state index contributed by atoms with van der Waals surface area (Å²) in [6, 6.07) is 10.9. The van der Waals surface area contributed by atoms with Gasteiger partial charge in [-0.15, -0.1) is 0 Å². The van der Waals surface area contributed by atoms with Crippen molar-refractivity contribution in [2.75, 3.05) is 6.61 Å². The summed E-state index contributed by atoms with van der Waals surface area (Å²) < 4.78 is 17.9. The molecule has 0 saturated heterocycles. The SMILES string of the molecule is CCC[CH2][Sn]([CH2]CCC)([CH2]CCC)[CH](CCOCc1ccccc1)[Sn]([CH2]CCC)([CH2]CCC)[CH2]CCC. The Morgan fingerprint density at radius 2 is 0.892 bits per heavy atom. The molecule has 0 aliphatic rings. The van der Waals surface area contributed by atoms with Gasteiger partial charge in [-0.1, -0.05) is 0 Å². The van der Waals surface area contributed by atoms with E-state index in [1.54, 1.807) is 26.6 Å². The van der Waals surface area contributed by atoms with Crippen molar-refractivity contribution in [1.82, 2.24) is 0 Å². The number of benzene rings is 1. The molecule has 0 radical (unpaired) electrons. The van der Waals surface area contributed by atoms with E-state index in [1.807, 2.05) is 0 Å². The van der Waals surface area contributed by atoms with Gasteiger partial charge in [0.1, 0.15) is 0 Å². The molecule has 216 valence electrons. The number of hydrogen-bond donors (Lipinski definition) is 0. The van der Waals surface area contributed by atoms with Crippen molar-refractivity contribution in [3.63, 3.8) is 0 Å². The fourth-order valence-corrected chi connectivity index (χ4v) is 84.9. The summed E-state index contributed by atoms with van der Waals surface area (Å²) in [5, 5.41) is 0. The zero-order valence-corrected chi connectivity index (χ0v) is 31.9. The summed E-state index contributed by atoms with van der Waals surface area (Å²) in [5.41, 5.74) is 1.34. The summed E-state index contributed by atoms with van der Waals surface area (Å²) in [5.74, 6) is 0. The predicted octanol–water partition coefficient (Wildman–Crippen LogP) is 12.2. The van der Waals surface area contributed by atoms with Gasteiger partial charge in [0, 0.05) is 0 Å². The van der Waals surface area contributed by atoms with Crippen molar-refractivity contribution in [3.8, 4) is 0 Å². The molecule has 0 unspecified atom stereocenters. The van der Waals surface area contributed by atoms with Crippen LogP contribution in [-0.4, -0.2) is 43.4 Å². The van der Waals surface area contributed by atoms with Crippen molar-refractivity contribution < 1.29 is 4.74 Å². The number of unbranched alkanes of at least 4 members (excludes halogenated alkanes) is 6. The van der Waals surface area contributed by atoms with E-state index in [-0.39, 0.29) is 0 Å². The van der Waals surface area contributed by atoms with Gasteiger partial charge in [0.2, 0.25) is 0 Å². The van der Waals surface area contributed by atoms with Gasteiger partial charge in [-0.2, -0.15) is 0 Å². The summed E-state index contributed by atoms with van der Waals surface area (Å²) in [6.45, 7) is 16.5. The zero-order chi connectivity index (χ0) is 27.2. The summed E-state index contributed by atoms with van der Waals surface area (Å²) >= 11 is -4.79. The molecule has 0 fully saturated rings. The topological polar surface area (TPSA) is 9.23 Å². The third-order valence-corrected chi connectivity index (χ3v) is 66.0. The van der Waals surface area contributed by atoms with Crippen LogP contribution in [-0.2, 0) is 11.3 Å². The molecule has 0 bridgehead atoms. The van der Waals surface area contributed by atoms with Crippen LogP contribution in [0, 0.1) is 0 Å². The molecule has 1 rings (SSSR count). The molecule has 0 aliphatic heterocycles. The van der Waals surface area contributed by atoms with E-state index in [0.29, 0.717) is 0 Å². The van der Waals surface area contributed by atoms with Crippen molar-refractivity contribution in [1.29, 1.82) is 0 Å². The maximum atomic E-state index is 6.53. The quantitative estimate of drug-likeness (QED) is 0.0720. The molecule has 3 heteroatoms. The molecule has 0 aliphatic carbocycles. The van der Waals surface area contributed by atoms with Gasteiger partial charge in [-0.3, -0.25) is 0 Å². The average Bonchev–Trinajstić information content (AvgIpc) is 2.94. The van der Waals surface area contributed by atoms with E-state index in [4.69, 9.17) is 4.74 Å². The predicted molar refractivity (Wildman–Crippen MR) is 174 cm³/mol. The first-order valence-corrected chi connectivity index (χ1v) is 32.1. The second kappa shape index (κ2) is 22.5. The summed E-state index contributed by atoms with van der Waals surface area (Å²) in [4.78, 5) is 0. The van der Waals surface area contributed by atoms with Crippen molar-refractivity contribution in [2.24, 2.45) is 0 Å². The van der Waals surface area contributed by atoms with Gasteiger partial charge >= 0.3 is 244 Å². The molecule has 0 N–H and O–H groups in total. The van der Waals surface area contributed by atoms with Gasteiger partial charge in [0.05, 0.1) is 0 Å². The first-order valence-electron chi connectivity index (χ1n) is 16.7. The first kappa shape index (κ1) is 35.8. The third-order valence-electron chi connectivity index (χ3n) is 9.31. The van der Waals surface area contributed by atoms with Gasteiger partial charge in [-0.05, 0) is 0 Å². The van der Waals surface area contributed by atoms with Crippen molar-refractivity contribution in [3.05, 3.63) is 35.9 Å². The summed E-state index contributed by atoms with van der Waals surface area (Å²) in [6.07, 6.45) is 18.9. The Bertz CT molecular complexity index is 556. The number of ether oxygens (including phenoxy) is 1. The minimum absolute atomic E-state index is 0.802. The molecule has 1 nitrogen and oxygen atoms in total. The van der Waals surface area contributed by atoms with Crippen LogP contribution in [0.4, 0.5) is 0 Å². The van der Waals surface area contributed by atoms with Crippen LogP contribution in [0.15, 0.2) is 30.3 Å². The van der Waals surface area contributed by atoms with E-state index < -0.39 is 36.8 Å². The average molecular weight is 728 g/mol. The standard InChI is InChI=1S/C10H12O.6C4H9.2Sn/c1-2-8-11-9-10-6-4-3-5-7-10;6*1-3-4-2;;/h1,3-7H,2,8-9H2;6*1,3-4H2,2H3;;. The molecule has 0 amide bonds. The van der Waals surface area contributed by atoms with Gasteiger partial charge in [0.25, 0.3) is 0 Å². The Morgan fingerprint density at radius 1 is 0.541 bits per heavy atom. The van der Waals surface area contributed by atoms with Gasteiger partial charge < -0.3 is 0 Å². The van der Waals surface area contributed by atoms with Crippen molar-refractivity contribution in [2.45, 2.75) is 160 Å². The van der Waals surface area contributed by atoms with Crippen LogP contribution < -0.4 is 0 Å². The third kappa shape index (κ3) is 13.3. The first-order chi connectivity index (χ1) is 18.1. The second-order valence-corrected chi connectivity index (χ2v) is 45.0.